The molecule has 0 spiro atoms. The maximum Gasteiger partial charge on any atom is 0.368 e. The fourth-order valence-corrected chi connectivity index (χ4v) is 0.765. The molecule has 0 atom stereocenters. The lowest BCUT2D eigenvalue weighted by molar-refractivity contribution is -0.131. The van der Waals surface area contributed by atoms with Crippen molar-refractivity contribution < 1.29 is 11.3 Å². The number of nitrogens with zero attached hydrogens (tertiary/aromatic N) is 4. The Labute approximate surface area is 80.6 Å². The fraction of sp³-hybridized carbons (Fsp3) is 0.429. The summed E-state index contributed by atoms with van der Waals surface area (Å²) in [6.07, 6.45) is 1.73. The van der Waals surface area contributed by atoms with Gasteiger partial charge in [0.05, 0.1) is 7.39 Å². The summed E-state index contributed by atoms with van der Waals surface area (Å²) in [5.41, 5.74) is -0.660. The van der Waals surface area contributed by atoms with Gasteiger partial charge in [0.2, 0.25) is 0 Å². The topological polar surface area (TPSA) is 90.0 Å². The number of carbonyl (C=O) groups is 1. The van der Waals surface area contributed by atoms with Gasteiger partial charge in [0.1, 0.15) is 0 Å². The number of hydrogen-bond acceptors (Lipinski definition) is 4. The summed E-state index contributed by atoms with van der Waals surface area (Å²) in [5.74, 6) is -1.19. The molecule has 0 saturated carbocycles. The van der Waals surface area contributed by atoms with Crippen LogP contribution in [-0.4, -0.2) is 30.9 Å². The van der Waals surface area contributed by atoms with Crippen LogP contribution in [0, 0.1) is 0 Å². The lowest BCUT2D eigenvalue weighted by Crippen LogP contribution is -2.24. The van der Waals surface area contributed by atoms with Crippen LogP contribution in [-0.2, 0) is 4.79 Å². The molecule has 1 N–H and O–H groups in total. The van der Waals surface area contributed by atoms with Crippen LogP contribution in [0.15, 0.2) is 10.9 Å². The minimum atomic E-state index is -1.23. The SMILES string of the molecule is [2H]C(C)(C)n1nnn(/C=C/C(=O)O)c1=O. The highest BCUT2D eigenvalue weighted by Crippen LogP contribution is 1.93. The molecule has 1 heterocycles. The molecule has 0 aliphatic rings. The highest BCUT2D eigenvalue weighted by Gasteiger charge is 2.07. The van der Waals surface area contributed by atoms with E-state index in [0.29, 0.717) is 0 Å². The Bertz CT molecular complexity index is 454. The number of tetrazole rings is 1. The fourth-order valence-electron chi connectivity index (χ4n) is 0.765. The molecular weight excluding hydrogens is 188 g/mol. The van der Waals surface area contributed by atoms with Crippen LogP contribution in [0.2, 0.25) is 0 Å². The van der Waals surface area contributed by atoms with Crippen LogP contribution in [0.5, 0.6) is 0 Å². The summed E-state index contributed by atoms with van der Waals surface area (Å²) < 4.78 is 9.15. The van der Waals surface area contributed by atoms with Crippen molar-refractivity contribution in [3.05, 3.63) is 16.6 Å². The van der Waals surface area contributed by atoms with Gasteiger partial charge < -0.3 is 5.11 Å². The monoisotopic (exact) mass is 199 g/mol. The van der Waals surface area contributed by atoms with Crippen molar-refractivity contribution >= 4 is 12.2 Å². The molecule has 7 heteroatoms. The number of aromatic nitrogens is 4. The van der Waals surface area contributed by atoms with E-state index in [-0.39, 0.29) is 0 Å². The maximum absolute atomic E-state index is 11.5. The first-order valence-corrected chi connectivity index (χ1v) is 3.78. The molecule has 0 amide bonds. The number of hydrogen-bond donors (Lipinski definition) is 1. The Morgan fingerprint density at radius 3 is 2.71 bits per heavy atom. The van der Waals surface area contributed by atoms with E-state index < -0.39 is 17.7 Å². The van der Waals surface area contributed by atoms with Crippen LogP contribution in [0.1, 0.15) is 21.2 Å². The van der Waals surface area contributed by atoms with E-state index in [4.69, 9.17) is 6.48 Å². The Hall–Kier alpha value is -1.92. The molecule has 0 fully saturated rings. The number of carboxylic acids is 1. The van der Waals surface area contributed by atoms with Crippen molar-refractivity contribution in [2.24, 2.45) is 0 Å². The van der Waals surface area contributed by atoms with Gasteiger partial charge in [-0.05, 0) is 24.3 Å². The Morgan fingerprint density at radius 2 is 2.29 bits per heavy atom. The molecule has 14 heavy (non-hydrogen) atoms. The zero-order valence-corrected chi connectivity index (χ0v) is 7.71. The average molecular weight is 199 g/mol. The third-order valence-corrected chi connectivity index (χ3v) is 1.38. The predicted molar refractivity (Wildman–Crippen MR) is 47.6 cm³/mol. The Kier molecular flexibility index (Phi) is 2.39. The summed E-state index contributed by atoms with van der Waals surface area (Å²) in [7, 11) is 0. The third kappa shape index (κ3) is 2.06. The second-order valence-corrected chi connectivity index (χ2v) is 2.72. The molecule has 0 aromatic carbocycles. The van der Waals surface area contributed by atoms with Crippen molar-refractivity contribution in [3.8, 4) is 0 Å². The van der Waals surface area contributed by atoms with Crippen LogP contribution < -0.4 is 5.69 Å². The van der Waals surface area contributed by atoms with Crippen molar-refractivity contribution in [1.82, 2.24) is 19.8 Å². The van der Waals surface area contributed by atoms with Gasteiger partial charge in [-0.2, -0.15) is 9.36 Å². The minimum absolute atomic E-state index is 0.660. The first-order chi connectivity index (χ1) is 6.82. The zero-order valence-electron chi connectivity index (χ0n) is 8.71. The van der Waals surface area contributed by atoms with Crippen LogP contribution in [0.3, 0.4) is 0 Å². The molecule has 1 rings (SSSR count). The van der Waals surface area contributed by atoms with E-state index >= 15 is 0 Å². The second kappa shape index (κ2) is 3.86. The third-order valence-electron chi connectivity index (χ3n) is 1.38. The van der Waals surface area contributed by atoms with E-state index in [2.05, 4.69) is 10.4 Å². The summed E-state index contributed by atoms with van der Waals surface area (Å²) >= 11 is 0. The molecule has 1 aromatic heterocycles. The molecule has 0 aliphatic carbocycles. The van der Waals surface area contributed by atoms with Gasteiger partial charge in [0.25, 0.3) is 0 Å². The highest BCUT2D eigenvalue weighted by atomic mass is 16.4. The van der Waals surface area contributed by atoms with E-state index in [1.807, 2.05) is 0 Å². The maximum atomic E-state index is 11.5. The normalized spacial score (nSPS) is 13.1. The van der Waals surface area contributed by atoms with Gasteiger partial charge in [0.15, 0.2) is 0 Å². The van der Waals surface area contributed by atoms with Crippen molar-refractivity contribution in [3.63, 3.8) is 0 Å². The predicted octanol–water partition coefficient (Wildman–Crippen LogP) is -0.424. The van der Waals surface area contributed by atoms with Gasteiger partial charge >= 0.3 is 11.7 Å². The minimum Gasteiger partial charge on any atom is -0.478 e. The molecule has 0 saturated heterocycles. The van der Waals surface area contributed by atoms with Crippen molar-refractivity contribution in [1.29, 1.82) is 0 Å². The van der Waals surface area contributed by atoms with Crippen molar-refractivity contribution in [2.45, 2.75) is 19.9 Å². The van der Waals surface area contributed by atoms with Gasteiger partial charge in [-0.3, -0.25) is 0 Å². The summed E-state index contributed by atoms with van der Waals surface area (Å²) in [6, 6.07) is -1.23. The van der Waals surface area contributed by atoms with Gasteiger partial charge in [0, 0.05) is 12.3 Å². The zero-order chi connectivity index (χ0) is 11.6. The van der Waals surface area contributed by atoms with Gasteiger partial charge in [-0.25, -0.2) is 9.59 Å². The van der Waals surface area contributed by atoms with E-state index in [1.165, 1.54) is 13.8 Å². The van der Waals surface area contributed by atoms with E-state index in [0.717, 1.165) is 21.6 Å². The van der Waals surface area contributed by atoms with Crippen LogP contribution in [0.25, 0.3) is 6.20 Å². The highest BCUT2D eigenvalue weighted by molar-refractivity contribution is 5.82. The Balaban J connectivity index is 3.11. The van der Waals surface area contributed by atoms with Crippen LogP contribution >= 0.6 is 0 Å². The summed E-state index contributed by atoms with van der Waals surface area (Å²) in [5, 5.41) is 15.2. The molecule has 1 aromatic rings. The molecule has 0 bridgehead atoms. The van der Waals surface area contributed by atoms with Crippen LogP contribution in [0.4, 0.5) is 0 Å². The summed E-state index contributed by atoms with van der Waals surface area (Å²) in [4.78, 5) is 21.7. The first kappa shape index (κ1) is 8.67. The quantitative estimate of drug-likeness (QED) is 0.667. The molecule has 0 aliphatic heterocycles. The molecule has 76 valence electrons. The van der Waals surface area contributed by atoms with Gasteiger partial charge in [-0.1, -0.05) is 0 Å². The lowest BCUT2D eigenvalue weighted by Gasteiger charge is -1.98. The number of aliphatic carboxylic acids is 1. The summed E-state index contributed by atoms with van der Waals surface area (Å²) in [6.45, 7) is 2.93. The first-order valence-electron chi connectivity index (χ1n) is 4.28. The second-order valence-electron chi connectivity index (χ2n) is 2.72. The van der Waals surface area contributed by atoms with Gasteiger partial charge in [-0.15, -0.1) is 0 Å². The molecule has 7 nitrogen and oxygen atoms in total. The number of carboxylic acid groups (broad SMARTS) is 1. The molecular formula is C7H10N4O3. The average Bonchev–Trinajstić information content (AvgIpc) is 2.42. The van der Waals surface area contributed by atoms with E-state index in [9.17, 15) is 9.59 Å². The number of rotatable bonds is 3. The molecule has 0 radical (unpaired) electrons. The van der Waals surface area contributed by atoms with E-state index in [1.54, 1.807) is 0 Å². The lowest BCUT2D eigenvalue weighted by atomic mass is 10.4. The largest absolute Gasteiger partial charge is 0.478 e. The standard InChI is InChI=1S/C7H10N4O3/c1-5(2)11-7(14)10(8-9-11)4-3-6(12)13/h3-5H,1-2H3,(H,12,13)/b4-3+/i5D. The smallest absolute Gasteiger partial charge is 0.368 e. The molecule has 0 unspecified atom stereocenters. The van der Waals surface area contributed by atoms with Crippen molar-refractivity contribution in [2.75, 3.05) is 0 Å². The Morgan fingerprint density at radius 1 is 1.64 bits per heavy atom.